The average molecular weight is 462 g/mol. The van der Waals surface area contributed by atoms with Gasteiger partial charge in [0.15, 0.2) is 11.5 Å². The molecule has 1 N–H and O–H groups in total. The number of rotatable bonds is 7. The van der Waals surface area contributed by atoms with Crippen molar-refractivity contribution >= 4 is 5.97 Å². The molecule has 2 fully saturated rings. The van der Waals surface area contributed by atoms with Crippen molar-refractivity contribution < 1.29 is 19.4 Å². The molecule has 0 radical (unpaired) electrons. The number of carboxylic acids is 1. The maximum Gasteiger partial charge on any atom is 0.306 e. The van der Waals surface area contributed by atoms with E-state index in [2.05, 4.69) is 38.1 Å². The molecule has 0 amide bonds. The van der Waals surface area contributed by atoms with Gasteiger partial charge in [-0.1, -0.05) is 24.3 Å². The first-order valence-corrected chi connectivity index (χ1v) is 12.4. The van der Waals surface area contributed by atoms with Gasteiger partial charge in [-0.05, 0) is 106 Å². The minimum absolute atomic E-state index is 0.116. The molecule has 2 aromatic rings. The lowest BCUT2D eigenvalue weighted by Crippen LogP contribution is -2.40. The van der Waals surface area contributed by atoms with Crippen LogP contribution in [0.4, 0.5) is 0 Å². The summed E-state index contributed by atoms with van der Waals surface area (Å²) >= 11 is 0. The van der Waals surface area contributed by atoms with Crippen LogP contribution in [-0.4, -0.2) is 24.3 Å². The lowest BCUT2D eigenvalue weighted by molar-refractivity contribution is -0.145. The zero-order chi connectivity index (χ0) is 24.3. The van der Waals surface area contributed by atoms with E-state index in [1.54, 1.807) is 7.11 Å². The molecule has 2 saturated carbocycles. The summed E-state index contributed by atoms with van der Waals surface area (Å²) in [5.74, 6) is 0.0347. The van der Waals surface area contributed by atoms with E-state index in [1.165, 1.54) is 24.0 Å². The molecule has 2 aliphatic carbocycles. The number of carbonyl (C=O) groups is 1. The predicted molar refractivity (Wildman–Crippen MR) is 131 cm³/mol. The zero-order valence-electron chi connectivity index (χ0n) is 20.5. The van der Waals surface area contributed by atoms with Crippen LogP contribution in [0.25, 0.3) is 0 Å². The third-order valence-corrected chi connectivity index (χ3v) is 7.97. The molecule has 34 heavy (non-hydrogen) atoms. The fourth-order valence-corrected chi connectivity index (χ4v) is 5.78. The average Bonchev–Trinajstić information content (AvgIpc) is 3.34. The first kappa shape index (κ1) is 24.1. The summed E-state index contributed by atoms with van der Waals surface area (Å²) in [5, 5.41) is 20.4. The van der Waals surface area contributed by atoms with Crippen LogP contribution in [-0.2, 0) is 16.6 Å². The number of aryl methyl sites for hydroxylation is 2. The van der Waals surface area contributed by atoms with E-state index in [0.717, 1.165) is 24.0 Å². The number of hydrogen-bond acceptors (Lipinski definition) is 4. The molecule has 0 saturated heterocycles. The molecule has 4 rings (SSSR count). The first-order chi connectivity index (χ1) is 16.3. The highest BCUT2D eigenvalue weighted by molar-refractivity contribution is 5.71. The summed E-state index contributed by atoms with van der Waals surface area (Å²) < 4.78 is 11.8. The van der Waals surface area contributed by atoms with Crippen molar-refractivity contribution in [2.24, 2.45) is 11.8 Å². The molecule has 0 heterocycles. The Morgan fingerprint density at radius 2 is 1.85 bits per heavy atom. The number of benzene rings is 2. The molecular weight excluding hydrogens is 426 g/mol. The van der Waals surface area contributed by atoms with Gasteiger partial charge in [0.25, 0.3) is 0 Å². The molecule has 3 unspecified atom stereocenters. The standard InChI is InChI=1S/C29H35NO4/c1-19-8-9-21(14-20(19)2)15-22-17-29(18-30,13-12-25(22)28(31)32)23-10-11-26(33-3)27(16-23)34-24-6-4-5-7-24/h8-11,14,16,22,24-25H,4-7,12-13,15,17H2,1-3H3,(H,31,32). The van der Waals surface area contributed by atoms with Crippen LogP contribution in [0, 0.1) is 37.0 Å². The highest BCUT2D eigenvalue weighted by atomic mass is 16.5. The van der Waals surface area contributed by atoms with Gasteiger partial charge in [0.2, 0.25) is 0 Å². The minimum Gasteiger partial charge on any atom is -0.493 e. The van der Waals surface area contributed by atoms with Crippen molar-refractivity contribution in [3.05, 3.63) is 58.7 Å². The lowest BCUT2D eigenvalue weighted by atomic mass is 9.62. The van der Waals surface area contributed by atoms with Crippen LogP contribution in [0.5, 0.6) is 11.5 Å². The van der Waals surface area contributed by atoms with Gasteiger partial charge in [0, 0.05) is 0 Å². The van der Waals surface area contributed by atoms with Crippen LogP contribution >= 0.6 is 0 Å². The molecule has 180 valence electrons. The second kappa shape index (κ2) is 10.1. The van der Waals surface area contributed by atoms with E-state index in [1.807, 2.05) is 18.2 Å². The van der Waals surface area contributed by atoms with E-state index in [4.69, 9.17) is 9.47 Å². The van der Waals surface area contributed by atoms with E-state index in [-0.39, 0.29) is 12.0 Å². The number of carboxylic acid groups (broad SMARTS) is 1. The van der Waals surface area contributed by atoms with Gasteiger partial charge in [-0.15, -0.1) is 0 Å². The normalized spacial score (nSPS) is 25.0. The fourth-order valence-electron chi connectivity index (χ4n) is 5.78. The molecule has 0 aromatic heterocycles. The van der Waals surface area contributed by atoms with E-state index in [9.17, 15) is 15.2 Å². The lowest BCUT2D eigenvalue weighted by Gasteiger charge is -2.40. The van der Waals surface area contributed by atoms with Crippen LogP contribution in [0.15, 0.2) is 36.4 Å². The Morgan fingerprint density at radius 3 is 2.50 bits per heavy atom. The van der Waals surface area contributed by atoms with Gasteiger partial charge in [0.1, 0.15) is 0 Å². The maximum absolute atomic E-state index is 12.1. The van der Waals surface area contributed by atoms with Gasteiger partial charge < -0.3 is 14.6 Å². The van der Waals surface area contributed by atoms with Crippen LogP contribution in [0.1, 0.15) is 67.2 Å². The van der Waals surface area contributed by atoms with Crippen molar-refractivity contribution in [1.29, 1.82) is 5.26 Å². The van der Waals surface area contributed by atoms with Crippen molar-refractivity contribution in [3.63, 3.8) is 0 Å². The largest absolute Gasteiger partial charge is 0.493 e. The number of aliphatic carboxylic acids is 1. The summed E-state index contributed by atoms with van der Waals surface area (Å²) in [5.41, 5.74) is 3.72. The van der Waals surface area contributed by atoms with Gasteiger partial charge in [0.05, 0.1) is 30.6 Å². The number of hydrogen-bond donors (Lipinski definition) is 1. The molecule has 0 bridgehead atoms. The Kier molecular flexibility index (Phi) is 7.16. The summed E-state index contributed by atoms with van der Waals surface area (Å²) in [6, 6.07) is 14.7. The first-order valence-electron chi connectivity index (χ1n) is 12.4. The monoisotopic (exact) mass is 461 g/mol. The summed E-state index contributed by atoms with van der Waals surface area (Å²) in [6.07, 6.45) is 6.79. The highest BCUT2D eigenvalue weighted by Gasteiger charge is 2.45. The Labute approximate surface area is 202 Å². The van der Waals surface area contributed by atoms with E-state index >= 15 is 0 Å². The molecule has 0 aliphatic heterocycles. The van der Waals surface area contributed by atoms with Gasteiger partial charge in [-0.3, -0.25) is 4.79 Å². The summed E-state index contributed by atoms with van der Waals surface area (Å²) in [4.78, 5) is 12.1. The van der Waals surface area contributed by atoms with Crippen molar-refractivity contribution in [1.82, 2.24) is 0 Å². The van der Waals surface area contributed by atoms with Crippen molar-refractivity contribution in [2.75, 3.05) is 7.11 Å². The van der Waals surface area contributed by atoms with E-state index < -0.39 is 17.3 Å². The third kappa shape index (κ3) is 4.92. The van der Waals surface area contributed by atoms with Gasteiger partial charge >= 0.3 is 5.97 Å². The van der Waals surface area contributed by atoms with E-state index in [0.29, 0.717) is 37.2 Å². The Hall–Kier alpha value is -3.00. The number of nitriles is 1. The number of ether oxygens (including phenoxy) is 2. The number of nitrogens with zero attached hydrogens (tertiary/aromatic N) is 1. The predicted octanol–water partition coefficient (Wildman–Crippen LogP) is 6.14. The smallest absolute Gasteiger partial charge is 0.306 e. The number of methoxy groups -OCH3 is 1. The molecule has 5 nitrogen and oxygen atoms in total. The SMILES string of the molecule is COc1ccc(C2(C#N)CCC(C(=O)O)C(Cc3ccc(C)c(C)c3)C2)cc1OC1CCCC1. The van der Waals surface area contributed by atoms with Gasteiger partial charge in [-0.2, -0.15) is 5.26 Å². The minimum atomic E-state index is -0.764. The summed E-state index contributed by atoms with van der Waals surface area (Å²) in [7, 11) is 1.63. The molecule has 0 spiro atoms. The molecule has 3 atom stereocenters. The molecule has 5 heteroatoms. The van der Waals surface area contributed by atoms with Crippen LogP contribution in [0.3, 0.4) is 0 Å². The Morgan fingerprint density at radius 1 is 1.09 bits per heavy atom. The van der Waals surface area contributed by atoms with Crippen LogP contribution < -0.4 is 9.47 Å². The molecule has 2 aliphatic rings. The van der Waals surface area contributed by atoms with Gasteiger partial charge in [-0.25, -0.2) is 0 Å². The highest BCUT2D eigenvalue weighted by Crippen LogP contribution is 2.47. The fraction of sp³-hybridized carbons (Fsp3) is 0.517. The zero-order valence-corrected chi connectivity index (χ0v) is 20.5. The topological polar surface area (TPSA) is 79.5 Å². The third-order valence-electron chi connectivity index (χ3n) is 7.97. The second-order valence-corrected chi connectivity index (χ2v) is 10.2. The maximum atomic E-state index is 12.1. The van der Waals surface area contributed by atoms with Crippen molar-refractivity contribution in [2.45, 2.75) is 76.7 Å². The molecular formula is C29H35NO4. The van der Waals surface area contributed by atoms with Crippen molar-refractivity contribution in [3.8, 4) is 17.6 Å². The second-order valence-electron chi connectivity index (χ2n) is 10.2. The Bertz CT molecular complexity index is 1080. The van der Waals surface area contributed by atoms with Crippen LogP contribution in [0.2, 0.25) is 0 Å². The molecule has 2 aromatic carbocycles. The summed E-state index contributed by atoms with van der Waals surface area (Å²) in [6.45, 7) is 4.16. The quantitative estimate of drug-likeness (QED) is 0.536. The Balaban J connectivity index is 1.65.